The number of methoxy groups -OCH3 is 1. The molecule has 0 aliphatic carbocycles. The molecule has 0 aliphatic rings. The first-order chi connectivity index (χ1) is 7.58. The molecule has 0 aromatic rings. The average Bonchev–Trinajstić information content (AvgIpc) is 2.27. The van der Waals surface area contributed by atoms with Crippen molar-refractivity contribution in [3.63, 3.8) is 0 Å². The topological polar surface area (TPSA) is 24.5 Å². The van der Waals surface area contributed by atoms with Gasteiger partial charge >= 0.3 is 0 Å². The van der Waals surface area contributed by atoms with Crippen LogP contribution in [0.15, 0.2) is 0 Å². The van der Waals surface area contributed by atoms with E-state index in [0.29, 0.717) is 18.0 Å². The zero-order chi connectivity index (χ0) is 12.6. The lowest BCUT2D eigenvalue weighted by molar-refractivity contribution is 0.0607. The van der Waals surface area contributed by atoms with Gasteiger partial charge in [-0.2, -0.15) is 0 Å². The molecule has 0 spiro atoms. The number of hydrogen-bond acceptors (Lipinski definition) is 3. The van der Waals surface area contributed by atoms with E-state index in [1.807, 2.05) is 0 Å². The van der Waals surface area contributed by atoms with Crippen LogP contribution in [0.1, 0.15) is 34.6 Å². The molecular formula is C13H30N2O. The van der Waals surface area contributed by atoms with Crippen molar-refractivity contribution in [2.45, 2.75) is 46.7 Å². The Morgan fingerprint density at radius 3 is 2.25 bits per heavy atom. The van der Waals surface area contributed by atoms with Crippen molar-refractivity contribution in [3.8, 4) is 0 Å². The fraction of sp³-hybridized carbons (Fsp3) is 1.00. The Balaban J connectivity index is 4.21. The van der Waals surface area contributed by atoms with Gasteiger partial charge in [0.15, 0.2) is 0 Å². The van der Waals surface area contributed by atoms with E-state index >= 15 is 0 Å². The second-order valence-corrected chi connectivity index (χ2v) is 4.66. The minimum absolute atomic E-state index is 0.495. The van der Waals surface area contributed by atoms with Gasteiger partial charge in [0.1, 0.15) is 0 Å². The third-order valence-electron chi connectivity index (χ3n) is 3.40. The van der Waals surface area contributed by atoms with Gasteiger partial charge in [0.2, 0.25) is 0 Å². The average molecular weight is 230 g/mol. The molecule has 3 nitrogen and oxygen atoms in total. The molecule has 0 fully saturated rings. The molecule has 3 unspecified atom stereocenters. The summed E-state index contributed by atoms with van der Waals surface area (Å²) in [6.45, 7) is 15.3. The molecule has 0 rings (SSSR count). The van der Waals surface area contributed by atoms with Crippen molar-refractivity contribution in [2.75, 3.05) is 33.4 Å². The molecule has 0 saturated heterocycles. The second kappa shape index (κ2) is 8.97. The van der Waals surface area contributed by atoms with E-state index in [-0.39, 0.29) is 0 Å². The number of hydrogen-bond donors (Lipinski definition) is 1. The summed E-state index contributed by atoms with van der Waals surface area (Å²) in [4.78, 5) is 2.52. The molecule has 3 atom stereocenters. The summed E-state index contributed by atoms with van der Waals surface area (Å²) in [5.41, 5.74) is 0. The number of rotatable bonds is 9. The highest BCUT2D eigenvalue weighted by molar-refractivity contribution is 4.77. The van der Waals surface area contributed by atoms with Crippen LogP contribution in [-0.2, 0) is 4.74 Å². The number of likely N-dealkylation sites (N-methyl/N-ethyl adjacent to an activating group) is 1. The van der Waals surface area contributed by atoms with E-state index in [1.54, 1.807) is 7.11 Å². The molecule has 16 heavy (non-hydrogen) atoms. The van der Waals surface area contributed by atoms with Crippen LogP contribution in [0.25, 0.3) is 0 Å². The van der Waals surface area contributed by atoms with E-state index in [0.717, 1.165) is 26.2 Å². The first kappa shape index (κ1) is 15.9. The molecule has 0 radical (unpaired) electrons. The molecule has 0 saturated carbocycles. The Bertz CT molecular complexity index is 164. The Labute approximate surface area is 102 Å². The number of nitrogens with one attached hydrogen (secondary N) is 1. The maximum Gasteiger partial charge on any atom is 0.0615 e. The molecule has 3 heteroatoms. The zero-order valence-electron chi connectivity index (χ0n) is 11.9. The first-order valence-electron chi connectivity index (χ1n) is 6.53. The standard InChI is InChI=1S/C13H30N2O/c1-7-14-9-11(3)13(5)15(8-2)12(4)10-16-6/h11-14H,7-10H2,1-6H3. The van der Waals surface area contributed by atoms with Gasteiger partial charge < -0.3 is 10.1 Å². The summed E-state index contributed by atoms with van der Waals surface area (Å²) in [7, 11) is 1.77. The van der Waals surface area contributed by atoms with Gasteiger partial charge in [-0.15, -0.1) is 0 Å². The summed E-state index contributed by atoms with van der Waals surface area (Å²) in [6.07, 6.45) is 0. The largest absolute Gasteiger partial charge is 0.383 e. The Kier molecular flexibility index (Phi) is 8.90. The molecule has 0 aliphatic heterocycles. The quantitative estimate of drug-likeness (QED) is 0.655. The lowest BCUT2D eigenvalue weighted by atomic mass is 10.0. The second-order valence-electron chi connectivity index (χ2n) is 4.66. The van der Waals surface area contributed by atoms with Crippen molar-refractivity contribution in [1.82, 2.24) is 10.2 Å². The zero-order valence-corrected chi connectivity index (χ0v) is 11.9. The smallest absolute Gasteiger partial charge is 0.0615 e. The van der Waals surface area contributed by atoms with Crippen LogP contribution in [0.3, 0.4) is 0 Å². The predicted octanol–water partition coefficient (Wildman–Crippen LogP) is 1.98. The Morgan fingerprint density at radius 2 is 1.81 bits per heavy atom. The highest BCUT2D eigenvalue weighted by atomic mass is 16.5. The SMILES string of the molecule is CCNCC(C)C(C)N(CC)C(C)COC. The molecule has 1 N–H and O–H groups in total. The van der Waals surface area contributed by atoms with Crippen molar-refractivity contribution >= 4 is 0 Å². The highest BCUT2D eigenvalue weighted by Crippen LogP contribution is 2.13. The van der Waals surface area contributed by atoms with Crippen LogP contribution >= 0.6 is 0 Å². The first-order valence-corrected chi connectivity index (χ1v) is 6.53. The summed E-state index contributed by atoms with van der Waals surface area (Å²) in [5.74, 6) is 0.666. The molecule has 0 bridgehead atoms. The van der Waals surface area contributed by atoms with Gasteiger partial charge in [-0.25, -0.2) is 0 Å². The summed E-state index contributed by atoms with van der Waals surface area (Å²) in [6, 6.07) is 1.09. The van der Waals surface area contributed by atoms with Crippen LogP contribution in [-0.4, -0.2) is 50.3 Å². The predicted molar refractivity (Wildman–Crippen MR) is 70.9 cm³/mol. The third kappa shape index (κ3) is 5.28. The van der Waals surface area contributed by atoms with Gasteiger partial charge in [0.05, 0.1) is 6.61 Å². The molecule has 0 heterocycles. The van der Waals surface area contributed by atoms with Crippen LogP contribution in [0, 0.1) is 5.92 Å². The minimum Gasteiger partial charge on any atom is -0.383 e. The highest BCUT2D eigenvalue weighted by Gasteiger charge is 2.22. The normalized spacial score (nSPS) is 17.4. The van der Waals surface area contributed by atoms with Crippen LogP contribution in [0.4, 0.5) is 0 Å². The Morgan fingerprint density at radius 1 is 1.19 bits per heavy atom. The number of ether oxygens (including phenoxy) is 1. The fourth-order valence-corrected chi connectivity index (χ4v) is 2.21. The maximum absolute atomic E-state index is 5.24. The lowest BCUT2D eigenvalue weighted by Crippen LogP contribution is -2.47. The molecule has 98 valence electrons. The van der Waals surface area contributed by atoms with Gasteiger partial charge in [-0.05, 0) is 39.4 Å². The summed E-state index contributed by atoms with van der Waals surface area (Å²) < 4.78 is 5.24. The van der Waals surface area contributed by atoms with Crippen LogP contribution < -0.4 is 5.32 Å². The van der Waals surface area contributed by atoms with E-state index in [9.17, 15) is 0 Å². The molecule has 0 amide bonds. The monoisotopic (exact) mass is 230 g/mol. The minimum atomic E-state index is 0.495. The van der Waals surface area contributed by atoms with E-state index in [2.05, 4.69) is 44.8 Å². The van der Waals surface area contributed by atoms with Crippen molar-refractivity contribution in [2.24, 2.45) is 5.92 Å². The molecule has 0 aromatic heterocycles. The third-order valence-corrected chi connectivity index (χ3v) is 3.40. The van der Waals surface area contributed by atoms with Crippen molar-refractivity contribution in [1.29, 1.82) is 0 Å². The van der Waals surface area contributed by atoms with Crippen LogP contribution in [0.2, 0.25) is 0 Å². The van der Waals surface area contributed by atoms with Crippen molar-refractivity contribution in [3.05, 3.63) is 0 Å². The maximum atomic E-state index is 5.24. The summed E-state index contributed by atoms with van der Waals surface area (Å²) in [5, 5.41) is 3.42. The van der Waals surface area contributed by atoms with Gasteiger partial charge in [-0.1, -0.05) is 20.8 Å². The number of nitrogens with zero attached hydrogens (tertiary/aromatic N) is 1. The van der Waals surface area contributed by atoms with Gasteiger partial charge in [0.25, 0.3) is 0 Å². The van der Waals surface area contributed by atoms with Gasteiger partial charge in [0, 0.05) is 19.2 Å². The van der Waals surface area contributed by atoms with Gasteiger partial charge in [-0.3, -0.25) is 4.90 Å². The molecular weight excluding hydrogens is 200 g/mol. The summed E-state index contributed by atoms with van der Waals surface area (Å²) >= 11 is 0. The lowest BCUT2D eigenvalue weighted by Gasteiger charge is -2.36. The van der Waals surface area contributed by atoms with E-state index in [4.69, 9.17) is 4.74 Å². The van der Waals surface area contributed by atoms with E-state index < -0.39 is 0 Å². The van der Waals surface area contributed by atoms with Crippen molar-refractivity contribution < 1.29 is 4.74 Å². The van der Waals surface area contributed by atoms with E-state index in [1.165, 1.54) is 0 Å². The molecule has 0 aromatic carbocycles. The van der Waals surface area contributed by atoms with Crippen LogP contribution in [0.5, 0.6) is 0 Å². The fourth-order valence-electron chi connectivity index (χ4n) is 2.21. The Hall–Kier alpha value is -0.120.